The summed E-state index contributed by atoms with van der Waals surface area (Å²) in [5.41, 5.74) is 11.3. The normalized spacial score (nSPS) is 11.1. The monoisotopic (exact) mass is 230 g/mol. The van der Waals surface area contributed by atoms with Crippen molar-refractivity contribution in [2.75, 3.05) is 5.73 Å². The molecule has 0 unspecified atom stereocenters. The van der Waals surface area contributed by atoms with Gasteiger partial charge in [-0.2, -0.15) is 0 Å². The van der Waals surface area contributed by atoms with E-state index in [0.717, 1.165) is 16.8 Å². The van der Waals surface area contributed by atoms with Gasteiger partial charge in [-0.05, 0) is 30.9 Å². The lowest BCUT2D eigenvalue weighted by Gasteiger charge is -2.08. The highest BCUT2D eigenvalue weighted by molar-refractivity contribution is 5.78. The van der Waals surface area contributed by atoms with Crippen molar-refractivity contribution >= 4 is 5.88 Å². The molecule has 0 spiro atoms. The first-order chi connectivity index (χ1) is 8.00. The van der Waals surface area contributed by atoms with Crippen molar-refractivity contribution in [1.29, 1.82) is 0 Å². The zero-order valence-electron chi connectivity index (χ0n) is 10.7. The molecule has 1 heterocycles. The van der Waals surface area contributed by atoms with Crippen molar-refractivity contribution in [3.05, 3.63) is 35.0 Å². The molecule has 17 heavy (non-hydrogen) atoms. The number of nitrogens with zero attached hydrogens (tertiary/aromatic N) is 1. The van der Waals surface area contributed by atoms with Gasteiger partial charge in [0.25, 0.3) is 0 Å². The van der Waals surface area contributed by atoms with Crippen LogP contribution in [0.3, 0.4) is 0 Å². The van der Waals surface area contributed by atoms with Crippen LogP contribution in [0.25, 0.3) is 11.1 Å². The molecule has 2 aromatic rings. The van der Waals surface area contributed by atoms with E-state index < -0.39 is 0 Å². The number of rotatable bonds is 2. The topological polar surface area (TPSA) is 52.0 Å². The summed E-state index contributed by atoms with van der Waals surface area (Å²) >= 11 is 0. The van der Waals surface area contributed by atoms with Gasteiger partial charge in [-0.1, -0.05) is 42.8 Å². The van der Waals surface area contributed by atoms with Gasteiger partial charge in [-0.15, -0.1) is 0 Å². The highest BCUT2D eigenvalue weighted by Gasteiger charge is 2.19. The lowest BCUT2D eigenvalue weighted by Crippen LogP contribution is -1.95. The third-order valence-corrected chi connectivity index (χ3v) is 2.94. The van der Waals surface area contributed by atoms with Gasteiger partial charge in [-0.3, -0.25) is 0 Å². The van der Waals surface area contributed by atoms with E-state index in [4.69, 9.17) is 10.3 Å². The van der Waals surface area contributed by atoms with Crippen LogP contribution in [0.5, 0.6) is 0 Å². The molecule has 2 N–H and O–H groups in total. The zero-order chi connectivity index (χ0) is 12.6. The minimum absolute atomic E-state index is 0.298. The van der Waals surface area contributed by atoms with Crippen molar-refractivity contribution in [3.63, 3.8) is 0 Å². The lowest BCUT2D eigenvalue weighted by molar-refractivity contribution is 0.424. The molecule has 0 bridgehead atoms. The van der Waals surface area contributed by atoms with E-state index >= 15 is 0 Å². The van der Waals surface area contributed by atoms with E-state index in [-0.39, 0.29) is 0 Å². The first kappa shape index (κ1) is 11.7. The molecule has 0 aliphatic rings. The Kier molecular flexibility index (Phi) is 2.92. The molecule has 0 aliphatic carbocycles. The van der Waals surface area contributed by atoms with Crippen LogP contribution in [0.2, 0.25) is 0 Å². The molecule has 3 heteroatoms. The number of hydrogen-bond donors (Lipinski definition) is 1. The molecule has 90 valence electrons. The number of benzene rings is 1. The molecule has 0 aliphatic heterocycles. The second-order valence-corrected chi connectivity index (χ2v) is 4.78. The summed E-state index contributed by atoms with van der Waals surface area (Å²) < 4.78 is 5.12. The predicted molar refractivity (Wildman–Crippen MR) is 69.9 cm³/mol. The number of aryl methyl sites for hydroxylation is 2. The second kappa shape index (κ2) is 4.24. The fourth-order valence-corrected chi connectivity index (χ4v) is 2.07. The molecular weight excluding hydrogens is 212 g/mol. The SMILES string of the molecule is Cc1ccc(-c2c(C(C)C)noc2N)c(C)c1. The maximum Gasteiger partial charge on any atom is 0.230 e. The van der Waals surface area contributed by atoms with Gasteiger partial charge in [0.1, 0.15) is 0 Å². The van der Waals surface area contributed by atoms with Crippen LogP contribution in [0.1, 0.15) is 36.6 Å². The van der Waals surface area contributed by atoms with Crippen LogP contribution in [-0.4, -0.2) is 5.16 Å². The van der Waals surface area contributed by atoms with E-state index in [9.17, 15) is 0 Å². The number of aromatic nitrogens is 1. The number of anilines is 1. The van der Waals surface area contributed by atoms with Gasteiger partial charge >= 0.3 is 0 Å². The van der Waals surface area contributed by atoms with Crippen LogP contribution >= 0.6 is 0 Å². The Hall–Kier alpha value is -1.77. The largest absolute Gasteiger partial charge is 0.367 e. The molecule has 3 nitrogen and oxygen atoms in total. The van der Waals surface area contributed by atoms with E-state index in [1.54, 1.807) is 0 Å². The summed E-state index contributed by atoms with van der Waals surface area (Å²) in [6.45, 7) is 8.34. The van der Waals surface area contributed by atoms with Gasteiger partial charge in [-0.25, -0.2) is 0 Å². The van der Waals surface area contributed by atoms with Crippen LogP contribution in [0.4, 0.5) is 5.88 Å². The summed E-state index contributed by atoms with van der Waals surface area (Å²) in [6, 6.07) is 6.31. The first-order valence-corrected chi connectivity index (χ1v) is 5.83. The Labute approximate surface area is 102 Å². The Bertz CT molecular complexity index is 541. The van der Waals surface area contributed by atoms with Gasteiger partial charge < -0.3 is 10.3 Å². The Balaban J connectivity index is 2.63. The summed E-state index contributed by atoms with van der Waals surface area (Å²) in [6.07, 6.45) is 0. The van der Waals surface area contributed by atoms with E-state index in [1.165, 1.54) is 11.1 Å². The van der Waals surface area contributed by atoms with Crippen LogP contribution in [-0.2, 0) is 0 Å². The second-order valence-electron chi connectivity index (χ2n) is 4.78. The van der Waals surface area contributed by atoms with E-state index in [0.29, 0.717) is 11.8 Å². The third-order valence-electron chi connectivity index (χ3n) is 2.94. The van der Waals surface area contributed by atoms with Crippen molar-refractivity contribution in [3.8, 4) is 11.1 Å². The molecule has 0 saturated carbocycles. The molecule has 0 atom stereocenters. The molecule has 0 radical (unpaired) electrons. The quantitative estimate of drug-likeness (QED) is 0.856. The van der Waals surface area contributed by atoms with Gasteiger partial charge in [0.2, 0.25) is 5.88 Å². The van der Waals surface area contributed by atoms with Crippen molar-refractivity contribution in [1.82, 2.24) is 5.16 Å². The number of nitrogens with two attached hydrogens (primary N) is 1. The van der Waals surface area contributed by atoms with Crippen molar-refractivity contribution in [2.45, 2.75) is 33.6 Å². The Morgan fingerprint density at radius 3 is 2.53 bits per heavy atom. The summed E-state index contributed by atoms with van der Waals surface area (Å²) in [4.78, 5) is 0. The fraction of sp³-hybridized carbons (Fsp3) is 0.357. The van der Waals surface area contributed by atoms with Crippen LogP contribution in [0.15, 0.2) is 22.7 Å². The van der Waals surface area contributed by atoms with E-state index in [2.05, 4.69) is 51.1 Å². The van der Waals surface area contributed by atoms with Crippen molar-refractivity contribution in [2.24, 2.45) is 0 Å². The molecule has 2 rings (SSSR count). The minimum Gasteiger partial charge on any atom is -0.367 e. The van der Waals surface area contributed by atoms with Gasteiger partial charge in [0.05, 0.1) is 11.3 Å². The third kappa shape index (κ3) is 2.05. The molecular formula is C14H18N2O. The van der Waals surface area contributed by atoms with Crippen molar-refractivity contribution < 1.29 is 4.52 Å². The Morgan fingerprint density at radius 2 is 1.94 bits per heavy atom. The maximum absolute atomic E-state index is 5.89. The van der Waals surface area contributed by atoms with Crippen LogP contribution < -0.4 is 5.73 Å². The van der Waals surface area contributed by atoms with Gasteiger partial charge in [0, 0.05) is 0 Å². The molecule has 0 saturated heterocycles. The predicted octanol–water partition coefficient (Wildman–Crippen LogP) is 3.66. The summed E-state index contributed by atoms with van der Waals surface area (Å²) in [5, 5.41) is 4.06. The molecule has 1 aromatic carbocycles. The highest BCUT2D eigenvalue weighted by atomic mass is 16.5. The summed E-state index contributed by atoms with van der Waals surface area (Å²) in [5.74, 6) is 0.701. The number of nitrogen functional groups attached to an aromatic ring is 1. The average molecular weight is 230 g/mol. The minimum atomic E-state index is 0.298. The number of hydrogen-bond acceptors (Lipinski definition) is 3. The van der Waals surface area contributed by atoms with Gasteiger partial charge in [0.15, 0.2) is 0 Å². The van der Waals surface area contributed by atoms with Crippen LogP contribution in [0, 0.1) is 13.8 Å². The summed E-state index contributed by atoms with van der Waals surface area (Å²) in [7, 11) is 0. The highest BCUT2D eigenvalue weighted by Crippen LogP contribution is 2.35. The molecule has 0 fully saturated rings. The molecule has 0 amide bonds. The zero-order valence-corrected chi connectivity index (χ0v) is 10.7. The lowest BCUT2D eigenvalue weighted by atomic mass is 9.95. The molecule has 1 aromatic heterocycles. The maximum atomic E-state index is 5.89. The fourth-order valence-electron chi connectivity index (χ4n) is 2.07. The average Bonchev–Trinajstić information content (AvgIpc) is 2.60. The Morgan fingerprint density at radius 1 is 1.24 bits per heavy atom. The van der Waals surface area contributed by atoms with E-state index in [1.807, 2.05) is 0 Å². The standard InChI is InChI=1S/C14H18N2O/c1-8(2)13-12(14(15)17-16-13)11-6-5-9(3)7-10(11)4/h5-8H,15H2,1-4H3. The smallest absolute Gasteiger partial charge is 0.230 e. The first-order valence-electron chi connectivity index (χ1n) is 5.83.